The summed E-state index contributed by atoms with van der Waals surface area (Å²) in [5, 5.41) is 0. The van der Waals surface area contributed by atoms with Crippen molar-refractivity contribution in [2.45, 2.75) is 0 Å². The van der Waals surface area contributed by atoms with Crippen molar-refractivity contribution in [2.75, 3.05) is 0 Å². The van der Waals surface area contributed by atoms with Crippen LogP contribution in [0.5, 0.6) is 23.0 Å². The minimum absolute atomic E-state index is 0.503. The zero-order valence-corrected chi connectivity index (χ0v) is 35.4. The first-order valence-corrected chi connectivity index (χ1v) is 24.9. The van der Waals surface area contributed by atoms with Crippen molar-refractivity contribution in [3.63, 3.8) is 0 Å². The molecule has 1 heterocycles. The molecule has 0 saturated heterocycles. The topological polar surface area (TPSA) is 125 Å². The third kappa shape index (κ3) is 9.35. The number of nitrogens with one attached hydrogen (secondary N) is 2. The van der Waals surface area contributed by atoms with E-state index in [2.05, 4.69) is 58.2 Å². The minimum atomic E-state index is -4.14. The van der Waals surface area contributed by atoms with Gasteiger partial charge < -0.3 is 0 Å². The van der Waals surface area contributed by atoms with Gasteiger partial charge in [0.1, 0.15) is 0 Å². The zero-order chi connectivity index (χ0) is 40.8. The molecule has 300 valence electrons. The van der Waals surface area contributed by atoms with Gasteiger partial charge in [-0.3, -0.25) is 0 Å². The molecule has 0 amide bonds. The van der Waals surface area contributed by atoms with Crippen LogP contribution in [0.2, 0.25) is 0 Å². The first-order valence-electron chi connectivity index (χ1n) is 19.5. The van der Waals surface area contributed by atoms with Gasteiger partial charge in [-0.05, 0) is 0 Å². The molecule has 0 fully saturated rings. The fourth-order valence-corrected chi connectivity index (χ4v) is 17.8. The molecule has 8 aromatic carbocycles. The van der Waals surface area contributed by atoms with E-state index in [0.717, 1.165) is 44.5 Å². The molecule has 0 unspecified atom stereocenters. The van der Waals surface area contributed by atoms with Crippen molar-refractivity contribution in [3.05, 3.63) is 218 Å². The summed E-state index contributed by atoms with van der Waals surface area (Å²) in [4.78, 5) is 6.94. The number of hydrogen-bond acceptors (Lipinski definition) is 9. The quantitative estimate of drug-likeness (QED) is 0.0896. The van der Waals surface area contributed by atoms with Crippen LogP contribution in [0.25, 0.3) is 44.5 Å². The Morgan fingerprint density at radius 3 is 0.867 bits per heavy atom. The second-order valence-electron chi connectivity index (χ2n) is 14.2. The second-order valence-corrected chi connectivity index (χ2v) is 21.6. The van der Waals surface area contributed by atoms with Crippen LogP contribution in [0, 0.1) is 0 Å². The number of nitrogens with two attached hydrogens (primary N) is 2. The third-order valence-electron chi connectivity index (χ3n) is 9.83. The summed E-state index contributed by atoms with van der Waals surface area (Å²) in [5.74, 6) is 2.04. The number of hydrogen-bond donors (Lipinski definition) is 4. The summed E-state index contributed by atoms with van der Waals surface area (Å²) in [7, 11) is -11.6. The summed E-state index contributed by atoms with van der Waals surface area (Å²) in [6.45, 7) is 0. The van der Waals surface area contributed by atoms with Crippen LogP contribution < -0.4 is 38.8 Å². The van der Waals surface area contributed by atoms with Gasteiger partial charge >= 0.3 is 353 Å². The molecule has 0 bridgehead atoms. The third-order valence-corrected chi connectivity index (χ3v) is 19.5. The summed E-state index contributed by atoms with van der Waals surface area (Å²) >= 11 is 0. The van der Waals surface area contributed by atoms with E-state index in [1.54, 1.807) is 0 Å². The fourth-order valence-electron chi connectivity index (χ4n) is 7.01. The Labute approximate surface area is 351 Å². The number of benzene rings is 8. The molecular formula is C48H44N5O4P3. The van der Waals surface area contributed by atoms with Gasteiger partial charge in [0.2, 0.25) is 0 Å². The molecule has 1 aliphatic heterocycles. The van der Waals surface area contributed by atoms with E-state index in [-0.39, 0.29) is 0 Å². The molecule has 8 aromatic rings. The Hall–Kier alpha value is -6.11. The predicted molar refractivity (Wildman–Crippen MR) is 251 cm³/mol. The average molecular weight is 848 g/mol. The predicted octanol–water partition coefficient (Wildman–Crippen LogP) is 12.8. The maximum atomic E-state index is 6.96. The van der Waals surface area contributed by atoms with Crippen molar-refractivity contribution >= 4 is 23.5 Å². The molecule has 1 aliphatic rings. The van der Waals surface area contributed by atoms with Crippen LogP contribution in [0.3, 0.4) is 0 Å². The first-order chi connectivity index (χ1) is 29.3. The van der Waals surface area contributed by atoms with Gasteiger partial charge in [0.25, 0.3) is 0 Å². The summed E-state index contributed by atoms with van der Waals surface area (Å²) in [6.07, 6.45) is 0. The van der Waals surface area contributed by atoms with E-state index in [1.807, 2.05) is 170 Å². The SMILES string of the molecule is NP1(N)=N[PH](Oc2ccc(-c3ccccc3)cc2)(Oc2ccc(-c3ccccc3)cc2)N[PH](Oc2ccc(-c3ccccc3)cc2)(Oc2ccc(-c3ccccc3)cc2)N1. The van der Waals surface area contributed by atoms with E-state index >= 15 is 0 Å². The van der Waals surface area contributed by atoms with Crippen LogP contribution in [0.4, 0.5) is 0 Å². The van der Waals surface area contributed by atoms with Crippen molar-refractivity contribution in [1.82, 2.24) is 9.72 Å². The molecule has 9 nitrogen and oxygen atoms in total. The molecule has 60 heavy (non-hydrogen) atoms. The molecule has 0 spiro atoms. The fraction of sp³-hybridized carbons (Fsp3) is 0. The Bertz CT molecular complexity index is 2540. The van der Waals surface area contributed by atoms with Crippen LogP contribution >= 0.6 is 23.5 Å². The van der Waals surface area contributed by atoms with Crippen molar-refractivity contribution in [1.29, 1.82) is 0 Å². The summed E-state index contributed by atoms with van der Waals surface area (Å²) in [6, 6.07) is 71.7. The van der Waals surface area contributed by atoms with Crippen LogP contribution in [0.1, 0.15) is 0 Å². The van der Waals surface area contributed by atoms with E-state index in [0.29, 0.717) is 23.0 Å². The van der Waals surface area contributed by atoms with Gasteiger partial charge in [-0.25, -0.2) is 0 Å². The molecule has 6 N–H and O–H groups in total. The van der Waals surface area contributed by atoms with E-state index in [9.17, 15) is 0 Å². The van der Waals surface area contributed by atoms with Crippen LogP contribution in [0.15, 0.2) is 223 Å². The Kier molecular flexibility index (Phi) is 11.3. The average Bonchev–Trinajstić information content (AvgIpc) is 3.28. The van der Waals surface area contributed by atoms with Gasteiger partial charge in [-0.15, -0.1) is 0 Å². The van der Waals surface area contributed by atoms with Crippen LogP contribution in [-0.2, 0) is 0 Å². The molecule has 0 aromatic heterocycles. The molecular weight excluding hydrogens is 803 g/mol. The van der Waals surface area contributed by atoms with Gasteiger partial charge in [-0.1, -0.05) is 0 Å². The Balaban J connectivity index is 1.12. The zero-order valence-electron chi connectivity index (χ0n) is 32.5. The normalized spacial score (nSPS) is 16.0. The first kappa shape index (κ1) is 39.4. The van der Waals surface area contributed by atoms with Gasteiger partial charge in [0.05, 0.1) is 0 Å². The van der Waals surface area contributed by atoms with Gasteiger partial charge in [-0.2, -0.15) is 0 Å². The Morgan fingerprint density at radius 2 is 0.583 bits per heavy atom. The second kappa shape index (κ2) is 17.2. The number of nitrogens with zero attached hydrogens (tertiary/aromatic N) is 1. The van der Waals surface area contributed by atoms with Crippen molar-refractivity contribution in [2.24, 2.45) is 15.5 Å². The molecule has 0 aliphatic carbocycles. The van der Waals surface area contributed by atoms with Crippen molar-refractivity contribution in [3.8, 4) is 67.5 Å². The Morgan fingerprint density at radius 1 is 0.333 bits per heavy atom. The van der Waals surface area contributed by atoms with E-state index in [1.165, 1.54) is 0 Å². The van der Waals surface area contributed by atoms with E-state index in [4.69, 9.17) is 33.6 Å². The molecule has 0 radical (unpaired) electrons. The molecule has 0 atom stereocenters. The monoisotopic (exact) mass is 847 g/mol. The molecule has 0 saturated carbocycles. The van der Waals surface area contributed by atoms with E-state index < -0.39 is 23.5 Å². The number of rotatable bonds is 12. The van der Waals surface area contributed by atoms with Gasteiger partial charge in [0, 0.05) is 0 Å². The molecule has 9 rings (SSSR count). The summed E-state index contributed by atoms with van der Waals surface area (Å²) < 4.78 is 32.7. The maximum absolute atomic E-state index is 6.96. The molecule has 12 heteroatoms. The van der Waals surface area contributed by atoms with Crippen LogP contribution in [-0.4, -0.2) is 0 Å². The summed E-state index contributed by atoms with van der Waals surface area (Å²) in [5.41, 5.74) is 22.4. The standard InChI is InChI=1S/C48H44N5O4P3/c49-58(50)51-59(54-45-29-21-41(22-30-45)37-13-5-1-6-14-37,55-46-31-23-42(24-32-46)38-15-7-2-8-16-38)53-60(52-58,56-47-33-25-43(26-34-47)39-17-9-3-10-18-39)57-48-35-27-44(28-36-48)40-19-11-4-12-20-40/h1-36,51,53,59-60H,49-50H2. The van der Waals surface area contributed by atoms with Gasteiger partial charge in [0.15, 0.2) is 0 Å². The van der Waals surface area contributed by atoms with Crippen molar-refractivity contribution < 1.29 is 18.1 Å².